The van der Waals surface area contributed by atoms with Crippen LogP contribution in [0.3, 0.4) is 0 Å². The van der Waals surface area contributed by atoms with Crippen LogP contribution in [-0.4, -0.2) is 51.9 Å². The molecule has 1 aromatic carbocycles. The number of hydrogen-bond donors (Lipinski definition) is 4. The van der Waals surface area contributed by atoms with E-state index in [1.165, 1.54) is 0 Å². The Morgan fingerprint density at radius 3 is 0.731 bits per heavy atom. The summed E-state index contributed by atoms with van der Waals surface area (Å²) in [5.74, 6) is -4.71. The van der Waals surface area contributed by atoms with Gasteiger partial charge in [-0.3, -0.25) is 18.2 Å². The van der Waals surface area contributed by atoms with Crippen LogP contribution in [0.4, 0.5) is 0 Å². The molecule has 12 nitrogen and oxygen atoms in total. The summed E-state index contributed by atoms with van der Waals surface area (Å²) in [6, 6.07) is 1.48. The Morgan fingerprint density at radius 2 is 0.615 bits per heavy atom. The first-order valence-electron chi connectivity index (χ1n) is 6.29. The van der Waals surface area contributed by atoms with Gasteiger partial charge in [-0.05, 0) is 22.3 Å². The van der Waals surface area contributed by atoms with Gasteiger partial charge in [0.05, 0.1) is 0 Å². The molecule has 0 radical (unpaired) electrons. The fraction of sp³-hybridized carbons (Fsp3) is 0.400. The monoisotopic (exact) mass is 454 g/mol. The molecule has 0 saturated carbocycles. The van der Waals surface area contributed by atoms with Gasteiger partial charge in [0, 0.05) is 0 Å². The Kier molecular flexibility index (Phi) is 6.58. The molecule has 0 bridgehead atoms. The van der Waals surface area contributed by atoms with E-state index >= 15 is 0 Å². The van der Waals surface area contributed by atoms with E-state index < -0.39 is 85.7 Å². The predicted molar refractivity (Wildman–Crippen MR) is 87.5 cm³/mol. The average molecular weight is 454 g/mol. The van der Waals surface area contributed by atoms with Gasteiger partial charge in [-0.2, -0.15) is 33.7 Å². The van der Waals surface area contributed by atoms with Crippen molar-refractivity contribution < 1.29 is 51.9 Å². The molecular formula is C10H14O12S4. The second-order valence-corrected chi connectivity index (χ2v) is 11.1. The second kappa shape index (κ2) is 7.47. The van der Waals surface area contributed by atoms with Crippen molar-refractivity contribution in [1.29, 1.82) is 0 Å². The van der Waals surface area contributed by atoms with Crippen LogP contribution in [0, 0.1) is 0 Å². The third-order valence-electron chi connectivity index (χ3n) is 2.87. The van der Waals surface area contributed by atoms with Gasteiger partial charge >= 0.3 is 0 Å². The Labute approximate surface area is 149 Å². The highest BCUT2D eigenvalue weighted by molar-refractivity contribution is 7.85. The Bertz CT molecular complexity index is 932. The molecule has 0 aliphatic rings. The maximum atomic E-state index is 11.1. The molecule has 0 aliphatic heterocycles. The lowest BCUT2D eigenvalue weighted by Crippen LogP contribution is -2.14. The van der Waals surface area contributed by atoms with Crippen LogP contribution in [0.5, 0.6) is 0 Å². The number of hydrogen-bond acceptors (Lipinski definition) is 8. The average Bonchev–Trinajstić information content (AvgIpc) is 2.26. The zero-order chi connectivity index (χ0) is 20.6. The molecule has 0 unspecified atom stereocenters. The van der Waals surface area contributed by atoms with Gasteiger partial charge in [-0.25, -0.2) is 0 Å². The van der Waals surface area contributed by atoms with Crippen LogP contribution in [-0.2, 0) is 63.5 Å². The summed E-state index contributed by atoms with van der Waals surface area (Å²) in [5, 5.41) is 0. The van der Waals surface area contributed by atoms with E-state index in [9.17, 15) is 33.7 Å². The molecule has 1 rings (SSSR count). The molecule has 0 saturated heterocycles. The summed E-state index contributed by atoms with van der Waals surface area (Å²) in [6.07, 6.45) is 0. The third-order valence-corrected chi connectivity index (χ3v) is 5.58. The minimum Gasteiger partial charge on any atom is -0.285 e. The molecule has 0 aliphatic carbocycles. The van der Waals surface area contributed by atoms with Crippen molar-refractivity contribution in [2.24, 2.45) is 0 Å². The van der Waals surface area contributed by atoms with E-state index in [0.717, 1.165) is 12.1 Å². The molecule has 150 valence electrons. The minimum atomic E-state index is -4.72. The highest BCUT2D eigenvalue weighted by Gasteiger charge is 2.22. The maximum absolute atomic E-state index is 11.1. The normalized spacial score (nSPS) is 13.7. The van der Waals surface area contributed by atoms with Gasteiger partial charge in [-0.1, -0.05) is 12.1 Å². The van der Waals surface area contributed by atoms with Gasteiger partial charge < -0.3 is 0 Å². The molecule has 0 spiro atoms. The molecule has 0 amide bonds. The van der Waals surface area contributed by atoms with Crippen molar-refractivity contribution >= 4 is 40.5 Å². The smallest absolute Gasteiger partial charge is 0.269 e. The van der Waals surface area contributed by atoms with Crippen molar-refractivity contribution in [3.05, 3.63) is 34.4 Å². The van der Waals surface area contributed by atoms with Crippen molar-refractivity contribution in [2.45, 2.75) is 23.0 Å². The fourth-order valence-corrected chi connectivity index (χ4v) is 4.76. The van der Waals surface area contributed by atoms with Crippen molar-refractivity contribution in [1.82, 2.24) is 0 Å². The number of rotatable bonds is 8. The first-order valence-corrected chi connectivity index (χ1v) is 12.7. The van der Waals surface area contributed by atoms with E-state index in [-0.39, 0.29) is 0 Å². The molecule has 0 fully saturated rings. The van der Waals surface area contributed by atoms with Gasteiger partial charge in [-0.15, -0.1) is 0 Å². The van der Waals surface area contributed by atoms with Crippen LogP contribution in [0.2, 0.25) is 0 Å². The first kappa shape index (κ1) is 22.9. The zero-order valence-corrected chi connectivity index (χ0v) is 15.9. The zero-order valence-electron chi connectivity index (χ0n) is 12.7. The minimum absolute atomic E-state index is 0.456. The maximum Gasteiger partial charge on any atom is 0.269 e. The van der Waals surface area contributed by atoms with Crippen molar-refractivity contribution in [2.75, 3.05) is 0 Å². The predicted octanol–water partition coefficient (Wildman–Crippen LogP) is -0.762. The first-order chi connectivity index (χ1) is 11.3. The van der Waals surface area contributed by atoms with Gasteiger partial charge in [0.25, 0.3) is 40.5 Å². The lowest BCUT2D eigenvalue weighted by atomic mass is 10.0. The van der Waals surface area contributed by atoms with Gasteiger partial charge in [0.15, 0.2) is 0 Å². The Morgan fingerprint density at radius 1 is 0.462 bits per heavy atom. The molecule has 0 heterocycles. The Hall–Kier alpha value is -1.14. The fourth-order valence-electron chi connectivity index (χ4n) is 2.11. The number of benzene rings is 1. The molecule has 26 heavy (non-hydrogen) atoms. The molecule has 4 N–H and O–H groups in total. The summed E-state index contributed by atoms with van der Waals surface area (Å²) in [7, 11) is -18.9. The summed E-state index contributed by atoms with van der Waals surface area (Å²) in [5.41, 5.74) is -1.82. The van der Waals surface area contributed by atoms with Crippen LogP contribution in [0.25, 0.3) is 0 Å². The summed E-state index contributed by atoms with van der Waals surface area (Å²) >= 11 is 0. The quantitative estimate of drug-likeness (QED) is 0.356. The SMILES string of the molecule is O=S(=O)(O)Cc1cc(CS(=O)(=O)O)c(CS(=O)(=O)O)cc1CS(=O)(=O)O. The van der Waals surface area contributed by atoms with E-state index in [0.29, 0.717) is 0 Å². The standard InChI is InChI=1S/C10H14O12S4/c11-23(12,13)3-7-1-8(4-24(14,15)16)10(6-26(20,21)22)2-9(7)5-25(17,18)19/h1-2H,3-6H2,(H,11,12,13)(H,14,15,16)(H,17,18,19)(H,20,21,22). The van der Waals surface area contributed by atoms with Gasteiger partial charge in [0.1, 0.15) is 23.0 Å². The topological polar surface area (TPSA) is 217 Å². The Balaban J connectivity index is 3.73. The lowest BCUT2D eigenvalue weighted by molar-refractivity contribution is 0.476. The van der Waals surface area contributed by atoms with E-state index in [1.54, 1.807) is 0 Å². The highest BCUT2D eigenvalue weighted by Crippen LogP contribution is 2.24. The van der Waals surface area contributed by atoms with Crippen LogP contribution >= 0.6 is 0 Å². The van der Waals surface area contributed by atoms with Crippen LogP contribution in [0.1, 0.15) is 22.3 Å². The molecule has 0 atom stereocenters. The molecule has 16 heteroatoms. The van der Waals surface area contributed by atoms with Crippen LogP contribution < -0.4 is 0 Å². The van der Waals surface area contributed by atoms with Crippen molar-refractivity contribution in [3.63, 3.8) is 0 Å². The second-order valence-electron chi connectivity index (χ2n) is 5.29. The third kappa shape index (κ3) is 8.99. The summed E-state index contributed by atoms with van der Waals surface area (Å²) in [4.78, 5) is 0. The summed E-state index contributed by atoms with van der Waals surface area (Å²) < 4.78 is 124. The van der Waals surface area contributed by atoms with E-state index in [2.05, 4.69) is 0 Å². The van der Waals surface area contributed by atoms with E-state index in [1.807, 2.05) is 0 Å². The van der Waals surface area contributed by atoms with E-state index in [4.69, 9.17) is 18.2 Å². The highest BCUT2D eigenvalue weighted by atomic mass is 32.2. The molecular weight excluding hydrogens is 440 g/mol. The molecule has 1 aromatic rings. The van der Waals surface area contributed by atoms with Gasteiger partial charge in [0.2, 0.25) is 0 Å². The van der Waals surface area contributed by atoms with Crippen molar-refractivity contribution in [3.8, 4) is 0 Å². The molecule has 0 aromatic heterocycles. The van der Waals surface area contributed by atoms with Crippen LogP contribution in [0.15, 0.2) is 12.1 Å². The summed E-state index contributed by atoms with van der Waals surface area (Å²) in [6.45, 7) is 0. The lowest BCUT2D eigenvalue weighted by Gasteiger charge is -2.14. The largest absolute Gasteiger partial charge is 0.285 e.